The van der Waals surface area contributed by atoms with Crippen LogP contribution in [0.5, 0.6) is 0 Å². The van der Waals surface area contributed by atoms with Crippen molar-refractivity contribution in [3.05, 3.63) is 35.7 Å². The molecule has 0 unspecified atom stereocenters. The highest BCUT2D eigenvalue weighted by Gasteiger charge is 2.22. The molecule has 2 heterocycles. The van der Waals surface area contributed by atoms with Crippen molar-refractivity contribution in [1.82, 2.24) is 25.7 Å². The number of nitrogens with zero attached hydrogens (tertiary/aromatic N) is 4. The first-order chi connectivity index (χ1) is 10.3. The van der Waals surface area contributed by atoms with Crippen LogP contribution in [-0.2, 0) is 6.42 Å². The summed E-state index contributed by atoms with van der Waals surface area (Å²) < 4.78 is 5.30. The molecule has 1 fully saturated rings. The van der Waals surface area contributed by atoms with Crippen molar-refractivity contribution in [1.29, 1.82) is 0 Å². The lowest BCUT2D eigenvalue weighted by molar-refractivity contribution is 0.0953. The van der Waals surface area contributed by atoms with Gasteiger partial charge in [-0.1, -0.05) is 18.0 Å². The van der Waals surface area contributed by atoms with Crippen molar-refractivity contribution in [2.75, 3.05) is 6.54 Å². The zero-order valence-electron chi connectivity index (χ0n) is 11.7. The molecule has 7 heteroatoms. The maximum absolute atomic E-state index is 11.8. The van der Waals surface area contributed by atoms with E-state index < -0.39 is 0 Å². The van der Waals surface area contributed by atoms with Gasteiger partial charge in [0.15, 0.2) is 5.82 Å². The minimum Gasteiger partial charge on any atom is -0.352 e. The molecule has 0 spiro atoms. The molecule has 21 heavy (non-hydrogen) atoms. The van der Waals surface area contributed by atoms with Gasteiger partial charge in [0.1, 0.15) is 0 Å². The molecule has 0 saturated heterocycles. The van der Waals surface area contributed by atoms with E-state index in [0.29, 0.717) is 30.3 Å². The van der Waals surface area contributed by atoms with Gasteiger partial charge < -0.3 is 9.84 Å². The lowest BCUT2D eigenvalue weighted by Crippen LogP contribution is -2.26. The molecule has 0 aliphatic heterocycles. The molecule has 0 atom stereocenters. The molecule has 1 amide bonds. The monoisotopic (exact) mass is 287 g/mol. The lowest BCUT2D eigenvalue weighted by Gasteiger charge is -2.02. The second-order valence-corrected chi connectivity index (χ2v) is 5.17. The lowest BCUT2D eigenvalue weighted by atomic mass is 10.1. The molecular formula is C14H17N5O2. The molecule has 2 aromatic rings. The van der Waals surface area contributed by atoms with Crippen LogP contribution in [0.4, 0.5) is 0 Å². The van der Waals surface area contributed by atoms with E-state index in [2.05, 4.69) is 25.7 Å². The van der Waals surface area contributed by atoms with Gasteiger partial charge in [-0.2, -0.15) is 15.2 Å². The van der Waals surface area contributed by atoms with E-state index in [9.17, 15) is 4.79 Å². The minimum atomic E-state index is -0.176. The van der Waals surface area contributed by atoms with Gasteiger partial charge >= 0.3 is 0 Å². The molecule has 0 aromatic carbocycles. The zero-order chi connectivity index (χ0) is 14.5. The molecule has 1 saturated carbocycles. The maximum Gasteiger partial charge on any atom is 0.252 e. The van der Waals surface area contributed by atoms with Crippen molar-refractivity contribution in [3.8, 4) is 0 Å². The van der Waals surface area contributed by atoms with Gasteiger partial charge in [-0.3, -0.25) is 4.79 Å². The van der Waals surface area contributed by atoms with Crippen LogP contribution in [0.25, 0.3) is 0 Å². The molecule has 110 valence electrons. The van der Waals surface area contributed by atoms with Crippen LogP contribution in [0, 0.1) is 0 Å². The summed E-state index contributed by atoms with van der Waals surface area (Å²) in [4.78, 5) is 16.2. The highest BCUT2D eigenvalue weighted by Crippen LogP contribution is 2.32. The SMILES string of the molecule is O=C(NCCc1noc(C2CCCC2)n1)c1ccnnc1. The van der Waals surface area contributed by atoms with E-state index in [-0.39, 0.29) is 5.91 Å². The first-order valence-electron chi connectivity index (χ1n) is 7.20. The summed E-state index contributed by atoms with van der Waals surface area (Å²) in [5.41, 5.74) is 0.491. The summed E-state index contributed by atoms with van der Waals surface area (Å²) in [6.45, 7) is 0.463. The molecule has 1 aliphatic carbocycles. The fraction of sp³-hybridized carbons (Fsp3) is 0.500. The minimum absolute atomic E-state index is 0.176. The largest absolute Gasteiger partial charge is 0.352 e. The van der Waals surface area contributed by atoms with Gasteiger partial charge in [-0.25, -0.2) is 0 Å². The van der Waals surface area contributed by atoms with Gasteiger partial charge in [-0.05, 0) is 18.9 Å². The van der Waals surface area contributed by atoms with Crippen LogP contribution < -0.4 is 5.32 Å². The van der Waals surface area contributed by atoms with E-state index >= 15 is 0 Å². The molecule has 1 N–H and O–H groups in total. The second kappa shape index (κ2) is 6.43. The number of aromatic nitrogens is 4. The van der Waals surface area contributed by atoms with Crippen molar-refractivity contribution >= 4 is 5.91 Å². The fourth-order valence-electron chi connectivity index (χ4n) is 2.52. The molecule has 0 radical (unpaired) electrons. The Kier molecular flexibility index (Phi) is 4.18. The number of carbonyl (C=O) groups is 1. The Morgan fingerprint density at radius 1 is 1.33 bits per heavy atom. The smallest absolute Gasteiger partial charge is 0.252 e. The third-order valence-corrected chi connectivity index (χ3v) is 3.67. The van der Waals surface area contributed by atoms with E-state index in [1.54, 1.807) is 6.07 Å². The van der Waals surface area contributed by atoms with Crippen LogP contribution in [0.3, 0.4) is 0 Å². The predicted octanol–water partition coefficient (Wildman–Crippen LogP) is 1.49. The Labute approximate surface area is 122 Å². The van der Waals surface area contributed by atoms with Gasteiger partial charge in [0.2, 0.25) is 5.89 Å². The zero-order valence-corrected chi connectivity index (χ0v) is 11.7. The van der Waals surface area contributed by atoms with Crippen LogP contribution in [-0.4, -0.2) is 32.8 Å². The predicted molar refractivity (Wildman–Crippen MR) is 73.6 cm³/mol. The van der Waals surface area contributed by atoms with Crippen LogP contribution in [0.15, 0.2) is 23.0 Å². The Morgan fingerprint density at radius 3 is 2.95 bits per heavy atom. The van der Waals surface area contributed by atoms with Crippen LogP contribution in [0.1, 0.15) is 53.7 Å². The average Bonchev–Trinajstić information content (AvgIpc) is 3.19. The quantitative estimate of drug-likeness (QED) is 0.895. The van der Waals surface area contributed by atoms with Crippen molar-refractivity contribution < 1.29 is 9.32 Å². The van der Waals surface area contributed by atoms with E-state index in [1.807, 2.05) is 0 Å². The highest BCUT2D eigenvalue weighted by molar-refractivity contribution is 5.93. The molecule has 0 bridgehead atoms. The van der Waals surface area contributed by atoms with Crippen molar-refractivity contribution in [2.24, 2.45) is 0 Å². The van der Waals surface area contributed by atoms with E-state index in [4.69, 9.17) is 4.52 Å². The Morgan fingerprint density at radius 2 is 2.19 bits per heavy atom. The summed E-state index contributed by atoms with van der Waals surface area (Å²) >= 11 is 0. The molecular weight excluding hydrogens is 270 g/mol. The molecule has 1 aliphatic rings. The third kappa shape index (κ3) is 3.42. The number of amides is 1. The second-order valence-electron chi connectivity index (χ2n) is 5.17. The van der Waals surface area contributed by atoms with Gasteiger partial charge in [0.25, 0.3) is 5.91 Å². The van der Waals surface area contributed by atoms with Gasteiger partial charge in [-0.15, -0.1) is 0 Å². The molecule has 2 aromatic heterocycles. The maximum atomic E-state index is 11.8. The number of hydrogen-bond acceptors (Lipinski definition) is 6. The van der Waals surface area contributed by atoms with Gasteiger partial charge in [0, 0.05) is 18.9 Å². The summed E-state index contributed by atoms with van der Waals surface area (Å²) in [5, 5.41) is 14.1. The molecule has 7 nitrogen and oxygen atoms in total. The van der Waals surface area contributed by atoms with E-state index in [0.717, 1.165) is 18.7 Å². The normalized spacial score (nSPS) is 15.2. The Hall–Kier alpha value is -2.31. The highest BCUT2D eigenvalue weighted by atomic mass is 16.5. The third-order valence-electron chi connectivity index (χ3n) is 3.67. The van der Waals surface area contributed by atoms with Crippen molar-refractivity contribution in [2.45, 2.75) is 38.0 Å². The number of carbonyl (C=O) groups excluding carboxylic acids is 1. The average molecular weight is 287 g/mol. The Bertz CT molecular complexity index is 592. The fourth-order valence-corrected chi connectivity index (χ4v) is 2.52. The number of rotatable bonds is 5. The van der Waals surface area contributed by atoms with Crippen LogP contribution >= 0.6 is 0 Å². The van der Waals surface area contributed by atoms with Crippen molar-refractivity contribution in [3.63, 3.8) is 0 Å². The summed E-state index contributed by atoms with van der Waals surface area (Å²) in [5.74, 6) is 1.63. The van der Waals surface area contributed by atoms with Gasteiger partial charge in [0.05, 0.1) is 18.0 Å². The van der Waals surface area contributed by atoms with E-state index in [1.165, 1.54) is 25.2 Å². The number of nitrogens with one attached hydrogen (secondary N) is 1. The Balaban J connectivity index is 1.48. The number of hydrogen-bond donors (Lipinski definition) is 1. The molecule has 3 rings (SSSR count). The van der Waals surface area contributed by atoms with Crippen LogP contribution in [0.2, 0.25) is 0 Å². The summed E-state index contributed by atoms with van der Waals surface area (Å²) in [6, 6.07) is 1.62. The summed E-state index contributed by atoms with van der Waals surface area (Å²) in [7, 11) is 0. The summed E-state index contributed by atoms with van der Waals surface area (Å²) in [6.07, 6.45) is 8.21. The standard InChI is InChI=1S/C14H17N5O2/c20-13(11-5-8-16-17-9-11)15-7-6-12-18-14(21-19-12)10-3-1-2-4-10/h5,8-10H,1-4,6-7H2,(H,15,20). The first kappa shape index (κ1) is 13.7. The topological polar surface area (TPSA) is 93.8 Å². The first-order valence-corrected chi connectivity index (χ1v) is 7.20.